The fraction of sp³-hybridized carbons (Fsp3) is 0.167. The molecule has 0 aliphatic carbocycles. The molecular formula is C12H14N4S. The van der Waals surface area contributed by atoms with E-state index in [9.17, 15) is 0 Å². The van der Waals surface area contributed by atoms with Crippen molar-refractivity contribution in [2.24, 2.45) is 5.73 Å². The van der Waals surface area contributed by atoms with Crippen LogP contribution in [0.25, 0.3) is 0 Å². The first-order valence-corrected chi connectivity index (χ1v) is 6.08. The summed E-state index contributed by atoms with van der Waals surface area (Å²) in [6.07, 6.45) is 3.39. The van der Waals surface area contributed by atoms with Crippen LogP contribution >= 0.6 is 11.3 Å². The molecule has 4 nitrogen and oxygen atoms in total. The predicted octanol–water partition coefficient (Wildman–Crippen LogP) is 2.06. The van der Waals surface area contributed by atoms with E-state index >= 15 is 0 Å². The highest BCUT2D eigenvalue weighted by atomic mass is 32.1. The molecular weight excluding hydrogens is 232 g/mol. The van der Waals surface area contributed by atoms with Gasteiger partial charge in [-0.05, 0) is 17.5 Å². The third-order valence-electron chi connectivity index (χ3n) is 2.47. The first-order valence-electron chi connectivity index (χ1n) is 5.20. The summed E-state index contributed by atoms with van der Waals surface area (Å²) in [7, 11) is 1.98. The molecule has 2 heterocycles. The standard InChI is InChI=1S/C12H14N4S/c1-16(8-9-3-2-6-17-9)11-7-15-5-4-10(11)12(13)14/h2-7H,8H2,1H3,(H3,13,14). The summed E-state index contributed by atoms with van der Waals surface area (Å²) in [6, 6.07) is 5.89. The average Bonchev–Trinajstić information content (AvgIpc) is 2.81. The van der Waals surface area contributed by atoms with Gasteiger partial charge in [0.2, 0.25) is 0 Å². The monoisotopic (exact) mass is 246 g/mol. The van der Waals surface area contributed by atoms with Gasteiger partial charge in [0.1, 0.15) is 5.84 Å². The second-order valence-electron chi connectivity index (χ2n) is 3.74. The predicted molar refractivity (Wildman–Crippen MR) is 71.7 cm³/mol. The SMILES string of the molecule is CN(Cc1cccs1)c1cnccc1C(=N)N. The molecule has 88 valence electrons. The van der Waals surface area contributed by atoms with Crippen LogP contribution in [-0.2, 0) is 6.54 Å². The number of nitrogens with two attached hydrogens (primary N) is 1. The fourth-order valence-corrected chi connectivity index (χ4v) is 2.40. The zero-order valence-corrected chi connectivity index (χ0v) is 10.4. The lowest BCUT2D eigenvalue weighted by Crippen LogP contribution is -2.21. The lowest BCUT2D eigenvalue weighted by Gasteiger charge is -2.20. The topological polar surface area (TPSA) is 66.0 Å². The Balaban J connectivity index is 2.24. The normalized spacial score (nSPS) is 10.2. The molecule has 0 aliphatic rings. The molecule has 0 aromatic carbocycles. The maximum Gasteiger partial charge on any atom is 0.125 e. The lowest BCUT2D eigenvalue weighted by atomic mass is 10.2. The molecule has 2 aromatic heterocycles. The van der Waals surface area contributed by atoms with Crippen molar-refractivity contribution >= 4 is 22.9 Å². The van der Waals surface area contributed by atoms with Crippen molar-refractivity contribution in [1.29, 1.82) is 5.41 Å². The fourth-order valence-electron chi connectivity index (χ4n) is 1.64. The van der Waals surface area contributed by atoms with Crippen molar-refractivity contribution < 1.29 is 0 Å². The number of aromatic nitrogens is 1. The maximum atomic E-state index is 7.55. The number of anilines is 1. The molecule has 0 amide bonds. The second-order valence-corrected chi connectivity index (χ2v) is 4.77. The van der Waals surface area contributed by atoms with Crippen molar-refractivity contribution in [2.75, 3.05) is 11.9 Å². The number of pyridine rings is 1. The quantitative estimate of drug-likeness (QED) is 0.641. The van der Waals surface area contributed by atoms with E-state index < -0.39 is 0 Å². The zero-order chi connectivity index (χ0) is 12.3. The summed E-state index contributed by atoms with van der Waals surface area (Å²) in [5.74, 6) is 0.0698. The maximum absolute atomic E-state index is 7.55. The van der Waals surface area contributed by atoms with Crippen molar-refractivity contribution in [3.63, 3.8) is 0 Å². The molecule has 0 radical (unpaired) electrons. The van der Waals surface area contributed by atoms with E-state index in [0.717, 1.165) is 17.8 Å². The van der Waals surface area contributed by atoms with Crippen molar-refractivity contribution in [3.8, 4) is 0 Å². The molecule has 0 saturated carbocycles. The van der Waals surface area contributed by atoms with Crippen molar-refractivity contribution in [1.82, 2.24) is 4.98 Å². The van der Waals surface area contributed by atoms with Gasteiger partial charge in [0.05, 0.1) is 18.4 Å². The summed E-state index contributed by atoms with van der Waals surface area (Å²) in [6.45, 7) is 0.795. The van der Waals surface area contributed by atoms with Gasteiger partial charge in [-0.25, -0.2) is 0 Å². The first kappa shape index (κ1) is 11.6. The molecule has 0 bridgehead atoms. The Labute approximate surface area is 104 Å². The summed E-state index contributed by atoms with van der Waals surface area (Å²) in [5.41, 5.74) is 7.16. The average molecular weight is 246 g/mol. The van der Waals surface area contributed by atoms with Crippen molar-refractivity contribution in [3.05, 3.63) is 46.4 Å². The summed E-state index contributed by atoms with van der Waals surface area (Å²) < 4.78 is 0. The second kappa shape index (κ2) is 4.97. The van der Waals surface area contributed by atoms with E-state index in [1.165, 1.54) is 4.88 Å². The summed E-state index contributed by atoms with van der Waals surface area (Å²) in [4.78, 5) is 7.41. The Hall–Kier alpha value is -1.88. The van der Waals surface area contributed by atoms with Crippen LogP contribution in [0.3, 0.4) is 0 Å². The zero-order valence-electron chi connectivity index (χ0n) is 9.55. The molecule has 17 heavy (non-hydrogen) atoms. The number of nitrogen functional groups attached to an aromatic ring is 1. The Morgan fingerprint density at radius 2 is 2.35 bits per heavy atom. The molecule has 5 heteroatoms. The first-order chi connectivity index (χ1) is 8.18. The lowest BCUT2D eigenvalue weighted by molar-refractivity contribution is 0.932. The van der Waals surface area contributed by atoms with Crippen LogP contribution in [0, 0.1) is 5.41 Å². The Kier molecular flexibility index (Phi) is 3.39. The van der Waals surface area contributed by atoms with Crippen LogP contribution in [0.1, 0.15) is 10.4 Å². The Morgan fingerprint density at radius 1 is 1.53 bits per heavy atom. The van der Waals surface area contributed by atoms with Gasteiger partial charge in [-0.15, -0.1) is 11.3 Å². The van der Waals surface area contributed by atoms with Gasteiger partial charge in [0.25, 0.3) is 0 Å². The van der Waals surface area contributed by atoms with Gasteiger partial charge < -0.3 is 10.6 Å². The highest BCUT2D eigenvalue weighted by Gasteiger charge is 2.10. The van der Waals surface area contributed by atoms with Gasteiger partial charge in [-0.2, -0.15) is 0 Å². The number of amidine groups is 1. The minimum Gasteiger partial charge on any atom is -0.384 e. The molecule has 0 fully saturated rings. The smallest absolute Gasteiger partial charge is 0.125 e. The molecule has 2 aromatic rings. The van der Waals surface area contributed by atoms with Crippen molar-refractivity contribution in [2.45, 2.75) is 6.54 Å². The van der Waals surface area contributed by atoms with E-state index in [4.69, 9.17) is 11.1 Å². The number of thiophene rings is 1. The molecule has 0 atom stereocenters. The van der Waals surface area contributed by atoms with Crippen LogP contribution in [0.15, 0.2) is 36.0 Å². The van der Waals surface area contributed by atoms with Crippen LogP contribution in [0.2, 0.25) is 0 Å². The Morgan fingerprint density at radius 3 is 3.00 bits per heavy atom. The third kappa shape index (κ3) is 2.62. The number of nitrogens with one attached hydrogen (secondary N) is 1. The van der Waals surface area contributed by atoms with Gasteiger partial charge in [0, 0.05) is 23.7 Å². The van der Waals surface area contributed by atoms with Gasteiger partial charge in [-0.1, -0.05) is 6.07 Å². The number of hydrogen-bond acceptors (Lipinski definition) is 4. The minimum absolute atomic E-state index is 0.0698. The minimum atomic E-state index is 0.0698. The van der Waals surface area contributed by atoms with Gasteiger partial charge >= 0.3 is 0 Å². The van der Waals surface area contributed by atoms with E-state index in [-0.39, 0.29) is 5.84 Å². The van der Waals surface area contributed by atoms with Crippen LogP contribution in [0.5, 0.6) is 0 Å². The molecule has 0 unspecified atom stereocenters. The Bertz CT molecular complexity index is 507. The number of nitrogens with zero attached hydrogens (tertiary/aromatic N) is 2. The summed E-state index contributed by atoms with van der Waals surface area (Å²) in [5, 5.41) is 9.60. The largest absolute Gasteiger partial charge is 0.384 e. The van der Waals surface area contributed by atoms with Crippen LogP contribution in [-0.4, -0.2) is 17.9 Å². The molecule has 0 aliphatic heterocycles. The highest BCUT2D eigenvalue weighted by Crippen LogP contribution is 2.20. The van der Waals surface area contributed by atoms with Gasteiger partial charge in [0.15, 0.2) is 0 Å². The third-order valence-corrected chi connectivity index (χ3v) is 3.34. The van der Waals surface area contributed by atoms with Crippen LogP contribution in [0.4, 0.5) is 5.69 Å². The van der Waals surface area contributed by atoms with Gasteiger partial charge in [-0.3, -0.25) is 10.4 Å². The van der Waals surface area contributed by atoms with E-state index in [1.807, 2.05) is 13.1 Å². The molecule has 2 rings (SSSR count). The number of hydrogen-bond donors (Lipinski definition) is 2. The summed E-state index contributed by atoms with van der Waals surface area (Å²) >= 11 is 1.71. The van der Waals surface area contributed by atoms with E-state index in [1.54, 1.807) is 29.8 Å². The molecule has 3 N–H and O–H groups in total. The van der Waals surface area contributed by atoms with E-state index in [2.05, 4.69) is 21.3 Å². The van der Waals surface area contributed by atoms with E-state index in [0.29, 0.717) is 0 Å². The number of rotatable bonds is 4. The highest BCUT2D eigenvalue weighted by molar-refractivity contribution is 7.09. The molecule has 0 spiro atoms. The van der Waals surface area contributed by atoms with Crippen LogP contribution < -0.4 is 10.6 Å². The molecule has 0 saturated heterocycles.